The van der Waals surface area contributed by atoms with Gasteiger partial charge in [0, 0.05) is 19.4 Å². The molecule has 0 spiro atoms. The van der Waals surface area contributed by atoms with Gasteiger partial charge in [0.15, 0.2) is 0 Å². The third-order valence-electron chi connectivity index (χ3n) is 2.39. The SMILES string of the molecule is CCCNC(CCS(C)(=O)=O)C(C)OC. The summed E-state index contributed by atoms with van der Waals surface area (Å²) in [6.07, 6.45) is 2.94. The molecule has 4 nitrogen and oxygen atoms in total. The van der Waals surface area contributed by atoms with Gasteiger partial charge < -0.3 is 10.1 Å². The molecule has 0 aromatic heterocycles. The second-order valence-corrected chi connectivity index (χ2v) is 6.18. The Labute approximate surface area is 93.3 Å². The Morgan fingerprint density at radius 3 is 2.40 bits per heavy atom. The van der Waals surface area contributed by atoms with Crippen LogP contribution in [0, 0.1) is 0 Å². The number of methoxy groups -OCH3 is 1. The topological polar surface area (TPSA) is 55.4 Å². The lowest BCUT2D eigenvalue weighted by atomic mass is 10.1. The Bertz CT molecular complexity index is 251. The molecule has 0 saturated heterocycles. The largest absolute Gasteiger partial charge is 0.380 e. The van der Waals surface area contributed by atoms with Gasteiger partial charge >= 0.3 is 0 Å². The van der Waals surface area contributed by atoms with Crippen molar-refractivity contribution >= 4 is 9.84 Å². The van der Waals surface area contributed by atoms with Crippen LogP contribution in [0.1, 0.15) is 26.7 Å². The summed E-state index contributed by atoms with van der Waals surface area (Å²) in [7, 11) is -1.24. The molecule has 0 aromatic carbocycles. The summed E-state index contributed by atoms with van der Waals surface area (Å²) >= 11 is 0. The van der Waals surface area contributed by atoms with Crippen LogP contribution >= 0.6 is 0 Å². The first kappa shape index (κ1) is 14.9. The number of hydrogen-bond donors (Lipinski definition) is 1. The van der Waals surface area contributed by atoms with E-state index < -0.39 is 9.84 Å². The van der Waals surface area contributed by atoms with E-state index in [0.717, 1.165) is 13.0 Å². The summed E-state index contributed by atoms with van der Waals surface area (Å²) in [5, 5.41) is 3.30. The van der Waals surface area contributed by atoms with Crippen molar-refractivity contribution < 1.29 is 13.2 Å². The molecule has 2 atom stereocenters. The van der Waals surface area contributed by atoms with Crippen LogP contribution in [0.5, 0.6) is 0 Å². The van der Waals surface area contributed by atoms with Crippen molar-refractivity contribution in [2.75, 3.05) is 25.7 Å². The maximum absolute atomic E-state index is 11.1. The maximum Gasteiger partial charge on any atom is 0.147 e. The quantitative estimate of drug-likeness (QED) is 0.679. The van der Waals surface area contributed by atoms with E-state index in [9.17, 15) is 8.42 Å². The summed E-state index contributed by atoms with van der Waals surface area (Å²) in [5.74, 6) is 0.210. The smallest absolute Gasteiger partial charge is 0.147 e. The fraction of sp³-hybridized carbons (Fsp3) is 1.00. The van der Waals surface area contributed by atoms with Gasteiger partial charge in [-0.05, 0) is 26.3 Å². The van der Waals surface area contributed by atoms with Gasteiger partial charge in [0.2, 0.25) is 0 Å². The number of nitrogens with one attached hydrogen (secondary N) is 1. The van der Waals surface area contributed by atoms with E-state index >= 15 is 0 Å². The van der Waals surface area contributed by atoms with Gasteiger partial charge in [-0.1, -0.05) is 6.92 Å². The van der Waals surface area contributed by atoms with Gasteiger partial charge in [-0.3, -0.25) is 0 Å². The minimum Gasteiger partial charge on any atom is -0.380 e. The van der Waals surface area contributed by atoms with E-state index in [1.807, 2.05) is 6.92 Å². The molecule has 5 heteroatoms. The number of hydrogen-bond acceptors (Lipinski definition) is 4. The van der Waals surface area contributed by atoms with Crippen molar-refractivity contribution in [2.45, 2.75) is 38.8 Å². The molecule has 0 heterocycles. The molecule has 0 rings (SSSR count). The van der Waals surface area contributed by atoms with Crippen LogP contribution in [-0.2, 0) is 14.6 Å². The van der Waals surface area contributed by atoms with E-state index in [4.69, 9.17) is 4.74 Å². The van der Waals surface area contributed by atoms with E-state index in [0.29, 0.717) is 6.42 Å². The first-order chi connectivity index (χ1) is 6.90. The lowest BCUT2D eigenvalue weighted by Gasteiger charge is -2.23. The fourth-order valence-corrected chi connectivity index (χ4v) is 2.02. The Hall–Kier alpha value is -0.130. The zero-order chi connectivity index (χ0) is 11.9. The van der Waals surface area contributed by atoms with Gasteiger partial charge in [0.1, 0.15) is 9.84 Å². The Morgan fingerprint density at radius 1 is 1.40 bits per heavy atom. The van der Waals surface area contributed by atoms with Gasteiger partial charge in [-0.25, -0.2) is 8.42 Å². The second-order valence-electron chi connectivity index (χ2n) is 3.92. The van der Waals surface area contributed by atoms with E-state index in [2.05, 4.69) is 12.2 Å². The van der Waals surface area contributed by atoms with Gasteiger partial charge in [-0.15, -0.1) is 0 Å². The number of ether oxygens (including phenoxy) is 1. The Morgan fingerprint density at radius 2 is 2.00 bits per heavy atom. The minimum atomic E-state index is -2.88. The molecule has 0 radical (unpaired) electrons. The molecule has 0 aliphatic heterocycles. The Kier molecular flexibility index (Phi) is 7.13. The second kappa shape index (κ2) is 7.19. The van der Waals surface area contributed by atoms with Gasteiger partial charge in [-0.2, -0.15) is 0 Å². The molecule has 92 valence electrons. The monoisotopic (exact) mass is 237 g/mol. The summed E-state index contributed by atoms with van der Waals surface area (Å²) in [6, 6.07) is 0.115. The minimum absolute atomic E-state index is 0.0401. The van der Waals surface area contributed by atoms with Gasteiger partial charge in [0.25, 0.3) is 0 Å². The lowest BCUT2D eigenvalue weighted by molar-refractivity contribution is 0.0820. The molecule has 0 fully saturated rings. The molecular formula is C10H23NO3S. The first-order valence-electron chi connectivity index (χ1n) is 5.34. The van der Waals surface area contributed by atoms with E-state index in [-0.39, 0.29) is 17.9 Å². The van der Waals surface area contributed by atoms with Crippen molar-refractivity contribution in [1.29, 1.82) is 0 Å². The molecule has 0 saturated carbocycles. The highest BCUT2D eigenvalue weighted by Crippen LogP contribution is 2.04. The molecule has 0 aliphatic carbocycles. The molecule has 0 aromatic rings. The van der Waals surface area contributed by atoms with Crippen LogP contribution in [0.15, 0.2) is 0 Å². The van der Waals surface area contributed by atoms with Crippen LogP contribution in [-0.4, -0.2) is 46.2 Å². The highest BCUT2D eigenvalue weighted by molar-refractivity contribution is 7.90. The normalized spacial score (nSPS) is 16.3. The number of sulfone groups is 1. The average Bonchev–Trinajstić information content (AvgIpc) is 2.15. The van der Waals surface area contributed by atoms with Crippen molar-refractivity contribution in [3.8, 4) is 0 Å². The van der Waals surface area contributed by atoms with Crippen LogP contribution in [0.4, 0.5) is 0 Å². The standard InChI is InChI=1S/C10H23NO3S/c1-5-7-11-10(9(2)14-3)6-8-15(4,12)13/h9-11H,5-8H2,1-4H3. The van der Waals surface area contributed by atoms with E-state index in [1.165, 1.54) is 6.26 Å². The van der Waals surface area contributed by atoms with Crippen molar-refractivity contribution in [3.63, 3.8) is 0 Å². The molecule has 1 N–H and O–H groups in total. The van der Waals surface area contributed by atoms with Crippen LogP contribution in [0.25, 0.3) is 0 Å². The van der Waals surface area contributed by atoms with Crippen LogP contribution in [0.3, 0.4) is 0 Å². The zero-order valence-corrected chi connectivity index (χ0v) is 10.9. The third-order valence-corrected chi connectivity index (χ3v) is 3.37. The third kappa shape index (κ3) is 7.76. The molecular weight excluding hydrogens is 214 g/mol. The van der Waals surface area contributed by atoms with Crippen LogP contribution < -0.4 is 5.32 Å². The fourth-order valence-electron chi connectivity index (χ4n) is 1.34. The molecule has 0 amide bonds. The van der Waals surface area contributed by atoms with Crippen molar-refractivity contribution in [3.05, 3.63) is 0 Å². The van der Waals surface area contributed by atoms with Crippen molar-refractivity contribution in [2.24, 2.45) is 0 Å². The molecule has 15 heavy (non-hydrogen) atoms. The first-order valence-corrected chi connectivity index (χ1v) is 7.40. The zero-order valence-electron chi connectivity index (χ0n) is 10.1. The summed E-state index contributed by atoms with van der Waals surface area (Å²) in [5.41, 5.74) is 0. The highest BCUT2D eigenvalue weighted by Gasteiger charge is 2.17. The number of rotatable bonds is 8. The van der Waals surface area contributed by atoms with Gasteiger partial charge in [0.05, 0.1) is 11.9 Å². The summed E-state index contributed by atoms with van der Waals surface area (Å²) < 4.78 is 27.3. The highest BCUT2D eigenvalue weighted by atomic mass is 32.2. The summed E-state index contributed by atoms with van der Waals surface area (Å²) in [4.78, 5) is 0. The molecule has 0 aliphatic rings. The summed E-state index contributed by atoms with van der Waals surface area (Å²) in [6.45, 7) is 4.93. The van der Waals surface area contributed by atoms with Crippen LogP contribution in [0.2, 0.25) is 0 Å². The van der Waals surface area contributed by atoms with Crippen molar-refractivity contribution in [1.82, 2.24) is 5.32 Å². The molecule has 2 unspecified atom stereocenters. The molecule has 0 bridgehead atoms. The average molecular weight is 237 g/mol. The maximum atomic E-state index is 11.1. The lowest BCUT2D eigenvalue weighted by Crippen LogP contribution is -2.41. The predicted octanol–water partition coefficient (Wildman–Crippen LogP) is 0.824. The predicted molar refractivity (Wildman–Crippen MR) is 62.9 cm³/mol. The van der Waals surface area contributed by atoms with E-state index in [1.54, 1.807) is 7.11 Å². The Balaban J connectivity index is 4.12.